The van der Waals surface area contributed by atoms with E-state index in [2.05, 4.69) is 5.32 Å². The van der Waals surface area contributed by atoms with Crippen molar-refractivity contribution < 1.29 is 25.2 Å². The number of nitrogens with zero attached hydrogens (tertiary/aromatic N) is 1. The molecule has 0 heterocycles. The molecule has 0 atom stereocenters. The summed E-state index contributed by atoms with van der Waals surface area (Å²) in [5, 5.41) is 48.7. The van der Waals surface area contributed by atoms with Crippen LogP contribution in [0, 0.1) is 11.3 Å². The van der Waals surface area contributed by atoms with Crippen LogP contribution in [-0.2, 0) is 0 Å². The van der Waals surface area contributed by atoms with Gasteiger partial charge in [0.05, 0.1) is 0 Å². The van der Waals surface area contributed by atoms with Gasteiger partial charge in [-0.1, -0.05) is 18.2 Å². The number of allylic oxidation sites excluding steroid dienone is 3. The molecule has 2 aromatic carbocycles. The lowest BCUT2D eigenvalue weighted by Gasteiger charge is -2.04. The lowest BCUT2D eigenvalue weighted by Crippen LogP contribution is -2.21. The average Bonchev–Trinajstić information content (AvgIpc) is 2.59. The van der Waals surface area contributed by atoms with E-state index in [4.69, 9.17) is 5.26 Å². The Morgan fingerprint density at radius 1 is 0.960 bits per heavy atom. The van der Waals surface area contributed by atoms with Gasteiger partial charge in [0.1, 0.15) is 11.8 Å². The summed E-state index contributed by atoms with van der Waals surface area (Å²) >= 11 is 0. The Labute approximate surface area is 143 Å². The molecule has 25 heavy (non-hydrogen) atoms. The predicted molar refractivity (Wildman–Crippen MR) is 89.7 cm³/mol. The molecule has 2 aromatic rings. The number of nitrogens with one attached hydrogen (secondary N) is 1. The predicted octanol–water partition coefficient (Wildman–Crippen LogP) is 2.36. The minimum absolute atomic E-state index is 0.0446. The van der Waals surface area contributed by atoms with Crippen molar-refractivity contribution in [3.63, 3.8) is 0 Å². The smallest absolute Gasteiger partial charge is 0.256 e. The van der Waals surface area contributed by atoms with Crippen molar-refractivity contribution in [3.05, 3.63) is 65.4 Å². The number of hydrogen-bond donors (Lipinski definition) is 5. The van der Waals surface area contributed by atoms with Gasteiger partial charge in [0.15, 0.2) is 23.0 Å². The van der Waals surface area contributed by atoms with Crippen LogP contribution < -0.4 is 5.32 Å². The first kappa shape index (κ1) is 17.4. The topological polar surface area (TPSA) is 134 Å². The van der Waals surface area contributed by atoms with Crippen LogP contribution >= 0.6 is 0 Å². The third kappa shape index (κ3) is 4.53. The molecule has 0 spiro atoms. The van der Waals surface area contributed by atoms with Gasteiger partial charge < -0.3 is 25.7 Å². The summed E-state index contributed by atoms with van der Waals surface area (Å²) in [6, 6.07) is 9.57. The van der Waals surface area contributed by atoms with E-state index in [-0.39, 0.29) is 28.5 Å². The number of amides is 1. The second-order valence-corrected chi connectivity index (χ2v) is 4.96. The van der Waals surface area contributed by atoms with Crippen LogP contribution in [0.2, 0.25) is 0 Å². The highest BCUT2D eigenvalue weighted by molar-refractivity contribution is 5.96. The highest BCUT2D eigenvalue weighted by Gasteiger charge is 2.10. The fraction of sp³-hybridized carbons (Fsp3) is 0. The lowest BCUT2D eigenvalue weighted by atomic mass is 10.1. The van der Waals surface area contributed by atoms with E-state index in [0.717, 1.165) is 12.1 Å². The summed E-state index contributed by atoms with van der Waals surface area (Å²) in [5.41, 5.74) is 0.610. The number of carbonyl (C=O) groups is 1. The van der Waals surface area contributed by atoms with E-state index in [1.54, 1.807) is 12.1 Å². The monoisotopic (exact) mass is 338 g/mol. The molecule has 5 N–H and O–H groups in total. The third-order valence-corrected chi connectivity index (χ3v) is 3.16. The molecule has 0 aromatic heterocycles. The summed E-state index contributed by atoms with van der Waals surface area (Å²) in [5.74, 6) is -1.93. The maximum absolute atomic E-state index is 12.0. The Morgan fingerprint density at radius 2 is 1.60 bits per heavy atom. The SMILES string of the molecule is N#C/C(=C\C=C\c1ccc(O)c(O)c1)NC(=O)c1ccc(O)c(O)c1. The molecule has 0 saturated carbocycles. The van der Waals surface area contributed by atoms with Crippen LogP contribution in [0.15, 0.2) is 54.2 Å². The minimum atomic E-state index is -0.626. The molecule has 0 radical (unpaired) electrons. The number of carbonyl (C=O) groups excluding carboxylic acids is 1. The van der Waals surface area contributed by atoms with Gasteiger partial charge in [-0.05, 0) is 42.0 Å². The van der Waals surface area contributed by atoms with E-state index in [1.165, 1.54) is 30.4 Å². The molecule has 7 nitrogen and oxygen atoms in total. The van der Waals surface area contributed by atoms with Gasteiger partial charge in [0.2, 0.25) is 0 Å². The number of phenols is 4. The molecule has 0 fully saturated rings. The molecule has 0 aliphatic rings. The van der Waals surface area contributed by atoms with E-state index in [9.17, 15) is 25.2 Å². The van der Waals surface area contributed by atoms with Gasteiger partial charge >= 0.3 is 0 Å². The summed E-state index contributed by atoms with van der Waals surface area (Å²) in [4.78, 5) is 12.0. The number of aromatic hydroxyl groups is 4. The maximum atomic E-state index is 12.0. The van der Waals surface area contributed by atoms with E-state index >= 15 is 0 Å². The minimum Gasteiger partial charge on any atom is -0.504 e. The van der Waals surface area contributed by atoms with E-state index in [0.29, 0.717) is 5.56 Å². The molecule has 1 amide bonds. The number of benzene rings is 2. The zero-order chi connectivity index (χ0) is 18.4. The van der Waals surface area contributed by atoms with Crippen LogP contribution in [0.3, 0.4) is 0 Å². The van der Waals surface area contributed by atoms with Gasteiger partial charge in [-0.2, -0.15) is 5.26 Å². The van der Waals surface area contributed by atoms with Gasteiger partial charge in [-0.25, -0.2) is 0 Å². The van der Waals surface area contributed by atoms with Crippen molar-refractivity contribution in [2.45, 2.75) is 0 Å². The zero-order valence-electron chi connectivity index (χ0n) is 12.8. The highest BCUT2D eigenvalue weighted by atomic mass is 16.3. The van der Waals surface area contributed by atoms with Crippen molar-refractivity contribution in [3.8, 4) is 29.1 Å². The van der Waals surface area contributed by atoms with Crippen molar-refractivity contribution in [1.82, 2.24) is 5.32 Å². The Balaban J connectivity index is 2.10. The van der Waals surface area contributed by atoms with Crippen LogP contribution in [-0.4, -0.2) is 26.3 Å². The fourth-order valence-electron chi connectivity index (χ4n) is 1.87. The van der Waals surface area contributed by atoms with Crippen molar-refractivity contribution in [2.75, 3.05) is 0 Å². The van der Waals surface area contributed by atoms with Crippen molar-refractivity contribution in [1.29, 1.82) is 5.26 Å². The van der Waals surface area contributed by atoms with Crippen LogP contribution in [0.5, 0.6) is 23.0 Å². The van der Waals surface area contributed by atoms with Gasteiger partial charge in [0.25, 0.3) is 5.91 Å². The number of nitriles is 1. The van der Waals surface area contributed by atoms with E-state index in [1.807, 2.05) is 6.07 Å². The molecule has 7 heteroatoms. The lowest BCUT2D eigenvalue weighted by molar-refractivity contribution is 0.0967. The van der Waals surface area contributed by atoms with E-state index < -0.39 is 11.7 Å². The molecule has 0 aliphatic heterocycles. The normalized spacial score (nSPS) is 11.2. The Bertz CT molecular complexity index is 910. The Hall–Kier alpha value is -3.92. The second-order valence-electron chi connectivity index (χ2n) is 4.96. The summed E-state index contributed by atoms with van der Waals surface area (Å²) in [6.45, 7) is 0. The number of rotatable bonds is 4. The maximum Gasteiger partial charge on any atom is 0.256 e. The first-order valence-electron chi connectivity index (χ1n) is 7.04. The molecule has 2 rings (SSSR count). The van der Waals surface area contributed by atoms with Gasteiger partial charge in [-0.3, -0.25) is 4.79 Å². The standard InChI is InChI=1S/C18H14N2O5/c19-10-13(3-1-2-11-4-6-14(21)16(23)8-11)20-18(25)12-5-7-15(22)17(24)9-12/h1-9,21-24H,(H,20,25)/b2-1+,13-3+. The number of hydrogen-bond acceptors (Lipinski definition) is 6. The molecule has 0 aliphatic carbocycles. The fourth-order valence-corrected chi connectivity index (χ4v) is 1.87. The average molecular weight is 338 g/mol. The van der Waals surface area contributed by atoms with Crippen LogP contribution in [0.1, 0.15) is 15.9 Å². The third-order valence-electron chi connectivity index (χ3n) is 3.16. The first-order chi connectivity index (χ1) is 11.9. The van der Waals surface area contributed by atoms with Gasteiger partial charge in [0, 0.05) is 5.56 Å². The van der Waals surface area contributed by atoms with Crippen LogP contribution in [0.25, 0.3) is 6.08 Å². The van der Waals surface area contributed by atoms with Crippen molar-refractivity contribution >= 4 is 12.0 Å². The number of phenolic OH excluding ortho intramolecular Hbond substituents is 4. The van der Waals surface area contributed by atoms with Crippen LogP contribution in [0.4, 0.5) is 0 Å². The largest absolute Gasteiger partial charge is 0.504 e. The molecular weight excluding hydrogens is 324 g/mol. The Kier molecular flexibility index (Phi) is 5.28. The summed E-state index contributed by atoms with van der Waals surface area (Å²) in [7, 11) is 0. The highest BCUT2D eigenvalue weighted by Crippen LogP contribution is 2.26. The Morgan fingerprint density at radius 3 is 2.20 bits per heavy atom. The van der Waals surface area contributed by atoms with Crippen molar-refractivity contribution in [2.24, 2.45) is 0 Å². The second kappa shape index (κ2) is 7.57. The molecular formula is C18H14N2O5. The quantitative estimate of drug-likeness (QED) is 0.330. The molecule has 126 valence electrons. The molecule has 0 saturated heterocycles. The zero-order valence-corrected chi connectivity index (χ0v) is 12.8. The first-order valence-corrected chi connectivity index (χ1v) is 7.04. The van der Waals surface area contributed by atoms with Gasteiger partial charge in [-0.15, -0.1) is 0 Å². The molecule has 0 unspecified atom stereocenters. The molecule has 0 bridgehead atoms. The summed E-state index contributed by atoms with van der Waals surface area (Å²) in [6.07, 6.45) is 4.40. The summed E-state index contributed by atoms with van der Waals surface area (Å²) < 4.78 is 0.